The molecule has 0 aromatic heterocycles. The van der Waals surface area contributed by atoms with Crippen LogP contribution in [0.25, 0.3) is 0 Å². The lowest BCUT2D eigenvalue weighted by atomic mass is 9.87. The van der Waals surface area contributed by atoms with Gasteiger partial charge in [-0.15, -0.1) is 0 Å². The molecule has 2 aliphatic heterocycles. The van der Waals surface area contributed by atoms with Crippen molar-refractivity contribution in [2.75, 3.05) is 32.7 Å². The van der Waals surface area contributed by atoms with Gasteiger partial charge in [0.2, 0.25) is 10.0 Å². The first-order valence-electron chi connectivity index (χ1n) is 7.97. The minimum atomic E-state index is -4.57. The summed E-state index contributed by atoms with van der Waals surface area (Å²) in [6.45, 7) is 3.09. The zero-order valence-electron chi connectivity index (χ0n) is 13.4. The smallest absolute Gasteiger partial charge is 0.314 e. The van der Waals surface area contributed by atoms with Gasteiger partial charge >= 0.3 is 6.18 Å². The number of sulfonamides is 1. The molecule has 0 unspecified atom stereocenters. The van der Waals surface area contributed by atoms with E-state index in [0.29, 0.717) is 32.0 Å². The van der Waals surface area contributed by atoms with Crippen LogP contribution in [0.3, 0.4) is 0 Å². The molecular weight excluding hydrogens is 379 g/mol. The molecule has 0 amide bonds. The summed E-state index contributed by atoms with van der Waals surface area (Å²) in [5.74, 6) is 0. The molecular formula is C15H19ClF3N3O2S. The van der Waals surface area contributed by atoms with Crippen molar-refractivity contribution >= 4 is 21.6 Å². The Labute approximate surface area is 149 Å². The van der Waals surface area contributed by atoms with E-state index in [2.05, 4.69) is 10.6 Å². The Morgan fingerprint density at radius 1 is 1.16 bits per heavy atom. The molecule has 3 rings (SSSR count). The molecule has 0 saturated carbocycles. The van der Waals surface area contributed by atoms with Gasteiger partial charge in [-0.1, -0.05) is 11.6 Å². The molecule has 10 heteroatoms. The summed E-state index contributed by atoms with van der Waals surface area (Å²) in [7, 11) is -3.92. The van der Waals surface area contributed by atoms with Gasteiger partial charge in [0.1, 0.15) is 4.90 Å². The van der Waals surface area contributed by atoms with Gasteiger partial charge in [-0.2, -0.15) is 17.5 Å². The highest BCUT2D eigenvalue weighted by Gasteiger charge is 2.40. The number of rotatable bonds is 2. The topological polar surface area (TPSA) is 61.4 Å². The SMILES string of the molecule is O=S(=O)(c1ccc(C(F)(F)F)cc1Cl)N1CCC2(CC1)CNCCN2. The number of piperazine rings is 1. The number of piperidine rings is 1. The second kappa shape index (κ2) is 6.70. The first kappa shape index (κ1) is 18.9. The molecule has 0 atom stereocenters. The van der Waals surface area contributed by atoms with Crippen molar-refractivity contribution in [3.63, 3.8) is 0 Å². The lowest BCUT2D eigenvalue weighted by Gasteiger charge is -2.44. The largest absolute Gasteiger partial charge is 0.416 e. The van der Waals surface area contributed by atoms with Crippen LogP contribution in [0.15, 0.2) is 23.1 Å². The van der Waals surface area contributed by atoms with Crippen LogP contribution in [0.1, 0.15) is 18.4 Å². The summed E-state index contributed by atoms with van der Waals surface area (Å²) in [6, 6.07) is 2.34. The van der Waals surface area contributed by atoms with Crippen molar-refractivity contribution < 1.29 is 21.6 Å². The highest BCUT2D eigenvalue weighted by atomic mass is 35.5. The molecule has 2 aliphatic rings. The monoisotopic (exact) mass is 397 g/mol. The van der Waals surface area contributed by atoms with Gasteiger partial charge in [-0.05, 0) is 31.0 Å². The van der Waals surface area contributed by atoms with Crippen LogP contribution in [0.2, 0.25) is 5.02 Å². The minimum absolute atomic E-state index is 0.117. The van der Waals surface area contributed by atoms with Crippen LogP contribution < -0.4 is 10.6 Å². The first-order valence-corrected chi connectivity index (χ1v) is 9.79. The number of hydrogen-bond acceptors (Lipinski definition) is 4. The molecule has 2 N–H and O–H groups in total. The Morgan fingerprint density at radius 3 is 2.36 bits per heavy atom. The first-order chi connectivity index (χ1) is 11.6. The zero-order chi connectivity index (χ0) is 18.3. The van der Waals surface area contributed by atoms with E-state index in [1.807, 2.05) is 0 Å². The molecule has 0 bridgehead atoms. The van der Waals surface area contributed by atoms with Crippen molar-refractivity contribution in [2.24, 2.45) is 0 Å². The van der Waals surface area contributed by atoms with Gasteiger partial charge in [0.25, 0.3) is 0 Å². The quantitative estimate of drug-likeness (QED) is 0.802. The maximum absolute atomic E-state index is 12.8. The fraction of sp³-hybridized carbons (Fsp3) is 0.600. The molecule has 0 radical (unpaired) electrons. The minimum Gasteiger partial charge on any atom is -0.314 e. The average molecular weight is 398 g/mol. The third-order valence-corrected chi connectivity index (χ3v) is 7.20. The summed E-state index contributed by atoms with van der Waals surface area (Å²) < 4.78 is 65.0. The normalized spacial score (nSPS) is 22.2. The fourth-order valence-electron chi connectivity index (χ4n) is 3.34. The van der Waals surface area contributed by atoms with E-state index < -0.39 is 26.8 Å². The van der Waals surface area contributed by atoms with E-state index in [1.165, 1.54) is 4.31 Å². The Bertz CT molecular complexity index is 739. The number of nitrogens with zero attached hydrogens (tertiary/aromatic N) is 1. The standard InChI is InChI=1S/C15H19ClF3N3O2S/c16-12-9-11(15(17,18)19)1-2-13(12)25(23,24)22-7-3-14(4-8-22)10-20-5-6-21-14/h1-2,9,20-21H,3-8,10H2. The number of hydrogen-bond donors (Lipinski definition) is 2. The molecule has 5 nitrogen and oxygen atoms in total. The Hall–Kier alpha value is -0.870. The predicted molar refractivity (Wildman–Crippen MR) is 88.1 cm³/mol. The highest BCUT2D eigenvalue weighted by Crippen LogP contribution is 2.35. The van der Waals surface area contributed by atoms with E-state index in [4.69, 9.17) is 11.6 Å². The van der Waals surface area contributed by atoms with Crippen LogP contribution in [0.5, 0.6) is 0 Å². The van der Waals surface area contributed by atoms with Crippen molar-refractivity contribution in [2.45, 2.75) is 29.5 Å². The van der Waals surface area contributed by atoms with Gasteiger partial charge in [0, 0.05) is 38.3 Å². The molecule has 2 heterocycles. The van der Waals surface area contributed by atoms with Crippen LogP contribution in [-0.4, -0.2) is 51.0 Å². The molecule has 0 aliphatic carbocycles. The van der Waals surface area contributed by atoms with E-state index in [-0.39, 0.29) is 10.4 Å². The average Bonchev–Trinajstić information content (AvgIpc) is 2.55. The third kappa shape index (κ3) is 3.80. The van der Waals surface area contributed by atoms with Gasteiger partial charge in [0.15, 0.2) is 0 Å². The summed E-state index contributed by atoms with van der Waals surface area (Å²) in [4.78, 5) is -0.284. The molecule has 1 aromatic rings. The van der Waals surface area contributed by atoms with E-state index in [9.17, 15) is 21.6 Å². The third-order valence-electron chi connectivity index (χ3n) is 4.82. The van der Waals surface area contributed by atoms with Crippen molar-refractivity contribution in [1.29, 1.82) is 0 Å². The molecule has 25 heavy (non-hydrogen) atoms. The zero-order valence-corrected chi connectivity index (χ0v) is 14.9. The Balaban J connectivity index is 1.78. The molecule has 1 spiro atoms. The van der Waals surface area contributed by atoms with Crippen LogP contribution in [0.4, 0.5) is 13.2 Å². The van der Waals surface area contributed by atoms with Crippen molar-refractivity contribution in [3.05, 3.63) is 28.8 Å². The van der Waals surface area contributed by atoms with Crippen LogP contribution in [-0.2, 0) is 16.2 Å². The Kier molecular flexibility index (Phi) is 5.06. The van der Waals surface area contributed by atoms with Gasteiger partial charge in [0.05, 0.1) is 10.6 Å². The van der Waals surface area contributed by atoms with Gasteiger partial charge < -0.3 is 10.6 Å². The molecule has 140 valence electrons. The van der Waals surface area contributed by atoms with E-state index in [1.54, 1.807) is 0 Å². The van der Waals surface area contributed by atoms with Gasteiger partial charge in [-0.25, -0.2) is 8.42 Å². The van der Waals surface area contributed by atoms with E-state index in [0.717, 1.165) is 31.8 Å². The Morgan fingerprint density at radius 2 is 1.84 bits per heavy atom. The number of halogens is 4. The summed E-state index contributed by atoms with van der Waals surface area (Å²) in [5, 5.41) is 6.34. The molecule has 1 aromatic carbocycles. The van der Waals surface area contributed by atoms with Crippen molar-refractivity contribution in [3.8, 4) is 0 Å². The summed E-state index contributed by atoms with van der Waals surface area (Å²) in [5.41, 5.74) is -1.08. The summed E-state index contributed by atoms with van der Waals surface area (Å²) in [6.07, 6.45) is -3.29. The highest BCUT2D eigenvalue weighted by molar-refractivity contribution is 7.89. The second-order valence-electron chi connectivity index (χ2n) is 6.43. The number of nitrogens with one attached hydrogen (secondary N) is 2. The maximum atomic E-state index is 12.8. The lowest BCUT2D eigenvalue weighted by Crippen LogP contribution is -2.63. The fourth-order valence-corrected chi connectivity index (χ4v) is 5.30. The molecule has 2 fully saturated rings. The maximum Gasteiger partial charge on any atom is 0.416 e. The van der Waals surface area contributed by atoms with Crippen LogP contribution >= 0.6 is 11.6 Å². The molecule has 2 saturated heterocycles. The van der Waals surface area contributed by atoms with Crippen molar-refractivity contribution in [1.82, 2.24) is 14.9 Å². The lowest BCUT2D eigenvalue weighted by molar-refractivity contribution is -0.137. The number of alkyl halides is 3. The summed E-state index contributed by atoms with van der Waals surface area (Å²) >= 11 is 5.85. The number of benzene rings is 1. The van der Waals surface area contributed by atoms with E-state index >= 15 is 0 Å². The second-order valence-corrected chi connectivity index (χ2v) is 8.74. The van der Waals surface area contributed by atoms with Gasteiger partial charge in [-0.3, -0.25) is 0 Å². The van der Waals surface area contributed by atoms with Crippen LogP contribution in [0, 0.1) is 0 Å². The predicted octanol–water partition coefficient (Wildman–Crippen LogP) is 2.07.